The van der Waals surface area contributed by atoms with Crippen molar-refractivity contribution in [2.75, 3.05) is 18.9 Å². The zero-order valence-electron chi connectivity index (χ0n) is 17.1. The van der Waals surface area contributed by atoms with Crippen LogP contribution in [0.2, 0.25) is 0 Å². The van der Waals surface area contributed by atoms with Gasteiger partial charge in [0.2, 0.25) is 5.95 Å². The van der Waals surface area contributed by atoms with Gasteiger partial charge in [-0.1, -0.05) is 82.9 Å². The van der Waals surface area contributed by atoms with Crippen molar-refractivity contribution in [2.24, 2.45) is 0 Å². The number of nitrogens with zero attached hydrogens (tertiary/aromatic N) is 2. The minimum absolute atomic E-state index is 0.356. The number of benzene rings is 1. The van der Waals surface area contributed by atoms with Gasteiger partial charge in [0, 0.05) is 18.6 Å². The maximum absolute atomic E-state index is 5.82. The lowest BCUT2D eigenvalue weighted by Gasteiger charge is -2.07. The normalized spacial score (nSPS) is 11.3. The van der Waals surface area contributed by atoms with Crippen LogP contribution in [0.3, 0.4) is 0 Å². The first-order valence-electron chi connectivity index (χ1n) is 10.9. The van der Waals surface area contributed by atoms with Gasteiger partial charge < -0.3 is 10.5 Å². The molecular formula is C23H37N3O. The van der Waals surface area contributed by atoms with Crippen LogP contribution in [0, 0.1) is 0 Å². The van der Waals surface area contributed by atoms with E-state index in [-0.39, 0.29) is 0 Å². The monoisotopic (exact) mass is 371 g/mol. The first kappa shape index (κ1) is 21.6. The lowest BCUT2D eigenvalue weighted by molar-refractivity contribution is 0.127. The molecule has 1 heterocycles. The minimum Gasteiger partial charge on any atom is -0.381 e. The molecule has 0 amide bonds. The maximum Gasteiger partial charge on any atom is 0.220 e. The minimum atomic E-state index is 0.356. The molecule has 4 heteroatoms. The summed E-state index contributed by atoms with van der Waals surface area (Å²) in [5.41, 5.74) is 7.77. The topological polar surface area (TPSA) is 61.0 Å². The Bertz CT molecular complexity index is 645. The Hall–Kier alpha value is -1.68. The second-order valence-electron chi connectivity index (χ2n) is 7.44. The van der Waals surface area contributed by atoms with Gasteiger partial charge in [0.25, 0.3) is 0 Å². The van der Waals surface area contributed by atoms with E-state index in [1.54, 1.807) is 0 Å². The Morgan fingerprint density at radius 3 is 2.15 bits per heavy atom. The van der Waals surface area contributed by atoms with Crippen molar-refractivity contribution in [3.8, 4) is 0 Å². The highest BCUT2D eigenvalue weighted by molar-refractivity contribution is 5.81. The highest BCUT2D eigenvalue weighted by Crippen LogP contribution is 2.17. The van der Waals surface area contributed by atoms with Crippen molar-refractivity contribution in [3.05, 3.63) is 30.0 Å². The van der Waals surface area contributed by atoms with Gasteiger partial charge >= 0.3 is 0 Å². The number of nitrogens with two attached hydrogens (primary N) is 1. The molecule has 0 radical (unpaired) electrons. The molecule has 0 saturated carbocycles. The standard InChI is InChI=1S/C23H37N3O/c1-2-3-4-5-6-7-8-9-10-13-18-27-19-14-17-22-20-15-11-12-16-21(20)25-23(24)26-22/h11-12,15-16H,2-10,13-14,17-19H2,1H3,(H2,24,25,26). The number of nitrogen functional groups attached to an aromatic ring is 1. The number of hydrogen-bond donors (Lipinski definition) is 1. The van der Waals surface area contributed by atoms with Crippen molar-refractivity contribution < 1.29 is 4.74 Å². The summed E-state index contributed by atoms with van der Waals surface area (Å²) in [5.74, 6) is 0.356. The van der Waals surface area contributed by atoms with Gasteiger partial charge in [0.1, 0.15) is 0 Å². The van der Waals surface area contributed by atoms with E-state index in [2.05, 4.69) is 23.0 Å². The third-order valence-corrected chi connectivity index (χ3v) is 5.04. The summed E-state index contributed by atoms with van der Waals surface area (Å²) in [6.07, 6.45) is 15.5. The molecule has 0 saturated heterocycles. The Kier molecular flexibility index (Phi) is 10.8. The Morgan fingerprint density at radius 1 is 0.778 bits per heavy atom. The van der Waals surface area contributed by atoms with Crippen LogP contribution in [0.4, 0.5) is 5.95 Å². The molecular weight excluding hydrogens is 334 g/mol. The molecule has 1 aromatic carbocycles. The molecule has 27 heavy (non-hydrogen) atoms. The Labute approximate surface area is 164 Å². The second kappa shape index (κ2) is 13.5. The molecule has 0 spiro atoms. The summed E-state index contributed by atoms with van der Waals surface area (Å²) in [4.78, 5) is 8.70. The van der Waals surface area contributed by atoms with Gasteiger partial charge in [-0.15, -0.1) is 0 Å². The zero-order chi connectivity index (χ0) is 19.2. The predicted octanol–water partition coefficient (Wildman–Crippen LogP) is 6.08. The molecule has 0 aliphatic rings. The van der Waals surface area contributed by atoms with Crippen LogP contribution in [0.5, 0.6) is 0 Å². The number of fused-ring (bicyclic) bond motifs is 1. The number of hydrogen-bond acceptors (Lipinski definition) is 4. The Balaban J connectivity index is 1.48. The summed E-state index contributed by atoms with van der Waals surface area (Å²) in [6, 6.07) is 8.05. The quantitative estimate of drug-likeness (QED) is 0.385. The summed E-state index contributed by atoms with van der Waals surface area (Å²) in [5, 5.41) is 1.10. The first-order valence-corrected chi connectivity index (χ1v) is 10.9. The fraction of sp³-hybridized carbons (Fsp3) is 0.652. The van der Waals surface area contributed by atoms with Crippen molar-refractivity contribution in [1.29, 1.82) is 0 Å². The van der Waals surface area contributed by atoms with Crippen molar-refractivity contribution in [2.45, 2.75) is 84.0 Å². The van der Waals surface area contributed by atoms with Gasteiger partial charge in [0.05, 0.1) is 11.2 Å². The molecule has 0 bridgehead atoms. The largest absolute Gasteiger partial charge is 0.381 e. The van der Waals surface area contributed by atoms with Crippen molar-refractivity contribution in [3.63, 3.8) is 0 Å². The van der Waals surface area contributed by atoms with Crippen LogP contribution in [-0.2, 0) is 11.2 Å². The van der Waals surface area contributed by atoms with E-state index >= 15 is 0 Å². The molecule has 2 N–H and O–H groups in total. The lowest BCUT2D eigenvalue weighted by Crippen LogP contribution is -2.03. The summed E-state index contributed by atoms with van der Waals surface area (Å²) in [6.45, 7) is 3.94. The number of anilines is 1. The second-order valence-corrected chi connectivity index (χ2v) is 7.44. The van der Waals surface area contributed by atoms with E-state index in [1.165, 1.54) is 64.2 Å². The number of ether oxygens (including phenoxy) is 1. The van der Waals surface area contributed by atoms with Crippen molar-refractivity contribution in [1.82, 2.24) is 9.97 Å². The predicted molar refractivity (Wildman–Crippen MR) is 115 cm³/mol. The van der Waals surface area contributed by atoms with Crippen LogP contribution in [0.25, 0.3) is 10.9 Å². The van der Waals surface area contributed by atoms with Gasteiger partial charge in [-0.3, -0.25) is 0 Å². The molecule has 0 fully saturated rings. The summed E-state index contributed by atoms with van der Waals surface area (Å²) < 4.78 is 5.80. The Morgan fingerprint density at radius 2 is 1.41 bits per heavy atom. The van der Waals surface area contributed by atoms with E-state index in [0.717, 1.165) is 42.7 Å². The van der Waals surface area contributed by atoms with Gasteiger partial charge in [-0.2, -0.15) is 0 Å². The maximum atomic E-state index is 5.82. The van der Waals surface area contributed by atoms with E-state index in [9.17, 15) is 0 Å². The van der Waals surface area contributed by atoms with E-state index in [4.69, 9.17) is 10.5 Å². The van der Waals surface area contributed by atoms with Gasteiger partial charge in [0.15, 0.2) is 0 Å². The average molecular weight is 372 g/mol. The van der Waals surface area contributed by atoms with Crippen LogP contribution < -0.4 is 5.73 Å². The molecule has 4 nitrogen and oxygen atoms in total. The molecule has 0 aliphatic heterocycles. The third kappa shape index (κ3) is 8.70. The molecule has 2 rings (SSSR count). The molecule has 2 aromatic rings. The summed E-state index contributed by atoms with van der Waals surface area (Å²) in [7, 11) is 0. The molecule has 150 valence electrons. The number of aryl methyl sites for hydroxylation is 1. The molecule has 0 atom stereocenters. The third-order valence-electron chi connectivity index (χ3n) is 5.04. The van der Waals surface area contributed by atoms with E-state index in [0.29, 0.717) is 5.95 Å². The first-order chi connectivity index (χ1) is 13.3. The number of aromatic nitrogens is 2. The number of unbranched alkanes of at least 4 members (excludes halogenated alkanes) is 9. The zero-order valence-corrected chi connectivity index (χ0v) is 17.1. The molecule has 1 aromatic heterocycles. The summed E-state index contributed by atoms with van der Waals surface area (Å²) >= 11 is 0. The SMILES string of the molecule is CCCCCCCCCCCCOCCCc1nc(N)nc2ccccc12. The van der Waals surface area contributed by atoms with Gasteiger partial charge in [-0.25, -0.2) is 9.97 Å². The molecule has 0 unspecified atom stereocenters. The van der Waals surface area contributed by atoms with Crippen LogP contribution in [0.15, 0.2) is 24.3 Å². The van der Waals surface area contributed by atoms with Crippen molar-refractivity contribution >= 4 is 16.9 Å². The van der Waals surface area contributed by atoms with Gasteiger partial charge in [-0.05, 0) is 25.3 Å². The fourth-order valence-electron chi connectivity index (χ4n) is 3.49. The highest BCUT2D eigenvalue weighted by atomic mass is 16.5. The lowest BCUT2D eigenvalue weighted by atomic mass is 10.1. The average Bonchev–Trinajstić information content (AvgIpc) is 2.68. The highest BCUT2D eigenvalue weighted by Gasteiger charge is 2.05. The smallest absolute Gasteiger partial charge is 0.220 e. The van der Waals surface area contributed by atoms with Crippen LogP contribution >= 0.6 is 0 Å². The number of rotatable bonds is 15. The van der Waals surface area contributed by atoms with Crippen LogP contribution in [0.1, 0.15) is 83.2 Å². The fourth-order valence-corrected chi connectivity index (χ4v) is 3.49. The van der Waals surface area contributed by atoms with Crippen LogP contribution in [-0.4, -0.2) is 23.2 Å². The molecule has 0 aliphatic carbocycles. The number of para-hydroxylation sites is 1. The van der Waals surface area contributed by atoms with E-state index in [1.807, 2.05) is 18.2 Å². The van der Waals surface area contributed by atoms with E-state index < -0.39 is 0 Å².